The van der Waals surface area contributed by atoms with E-state index < -0.39 is 0 Å². The Labute approximate surface area is 144 Å². The summed E-state index contributed by atoms with van der Waals surface area (Å²) in [7, 11) is 3.82. The number of rotatable bonds is 2. The molecule has 2 saturated heterocycles. The first kappa shape index (κ1) is 17.9. The minimum Gasteiger partial charge on any atom is -0.351 e. The zero-order valence-electron chi connectivity index (χ0n) is 14.6. The molecule has 0 radical (unpaired) electrons. The molecule has 0 spiro atoms. The third-order valence-corrected chi connectivity index (χ3v) is 4.94. The van der Waals surface area contributed by atoms with Gasteiger partial charge in [-0.2, -0.15) is 5.10 Å². The summed E-state index contributed by atoms with van der Waals surface area (Å²) in [5, 5.41) is 8.05. The van der Waals surface area contributed by atoms with Crippen LogP contribution in [0, 0.1) is 6.92 Å². The summed E-state index contributed by atoms with van der Waals surface area (Å²) in [4.78, 5) is 18.7. The first-order chi connectivity index (χ1) is 10.3. The molecular formula is C15H27ClN6O. The Hall–Kier alpha value is -1.47. The molecule has 3 rings (SSSR count). The second-order valence-corrected chi connectivity index (χ2v) is 6.86. The number of hydrogen-bond donors (Lipinski definition) is 1. The van der Waals surface area contributed by atoms with E-state index in [9.17, 15) is 4.79 Å². The summed E-state index contributed by atoms with van der Waals surface area (Å²) in [6, 6.07) is 0.0532. The van der Waals surface area contributed by atoms with Gasteiger partial charge in [-0.05, 0) is 20.8 Å². The first-order valence-electron chi connectivity index (χ1n) is 7.87. The van der Waals surface area contributed by atoms with Gasteiger partial charge in [-0.15, -0.1) is 12.4 Å². The highest BCUT2D eigenvalue weighted by Gasteiger charge is 2.43. The van der Waals surface area contributed by atoms with Crippen LogP contribution in [0.3, 0.4) is 0 Å². The van der Waals surface area contributed by atoms with E-state index in [0.29, 0.717) is 6.54 Å². The standard InChI is InChI=1S/C15H26N6O.ClH/c1-11-12(21-10-15(2,3)18(4)14(21)22)13(17-19(11)5)20-8-6-16-7-9-20;/h16H,6-10H2,1-5H3;1H. The van der Waals surface area contributed by atoms with Gasteiger partial charge in [0.15, 0.2) is 5.82 Å². The van der Waals surface area contributed by atoms with Crippen molar-refractivity contribution in [2.24, 2.45) is 7.05 Å². The maximum Gasteiger partial charge on any atom is 0.324 e. The number of anilines is 2. The van der Waals surface area contributed by atoms with Crippen molar-refractivity contribution >= 4 is 29.9 Å². The zero-order chi connectivity index (χ0) is 16.1. The molecule has 7 nitrogen and oxygen atoms in total. The quantitative estimate of drug-likeness (QED) is 0.877. The number of nitrogens with one attached hydrogen (secondary N) is 1. The molecule has 3 heterocycles. The number of nitrogens with zero attached hydrogens (tertiary/aromatic N) is 5. The molecule has 0 aliphatic carbocycles. The number of carbonyl (C=O) groups is 1. The summed E-state index contributed by atoms with van der Waals surface area (Å²) in [5.41, 5.74) is 1.83. The van der Waals surface area contributed by atoms with E-state index in [1.807, 2.05) is 35.5 Å². The van der Waals surface area contributed by atoms with Crippen LogP contribution in [0.2, 0.25) is 0 Å². The summed E-state index contributed by atoms with van der Waals surface area (Å²) in [6.07, 6.45) is 0. The molecule has 0 atom stereocenters. The van der Waals surface area contributed by atoms with Crippen LogP contribution < -0.4 is 15.1 Å². The minimum atomic E-state index is -0.167. The van der Waals surface area contributed by atoms with Crippen molar-refractivity contribution < 1.29 is 4.79 Å². The van der Waals surface area contributed by atoms with E-state index in [0.717, 1.165) is 43.4 Å². The smallest absolute Gasteiger partial charge is 0.324 e. The number of urea groups is 1. The topological polar surface area (TPSA) is 56.6 Å². The normalized spacial score (nSPS) is 20.9. The second kappa shape index (κ2) is 6.20. The molecule has 0 bridgehead atoms. The highest BCUT2D eigenvalue weighted by molar-refractivity contribution is 5.98. The summed E-state index contributed by atoms with van der Waals surface area (Å²) < 4.78 is 1.88. The van der Waals surface area contributed by atoms with Crippen LogP contribution >= 0.6 is 12.4 Å². The number of likely N-dealkylation sites (N-methyl/N-ethyl adjacent to an activating group) is 1. The zero-order valence-corrected chi connectivity index (χ0v) is 15.4. The fourth-order valence-corrected chi connectivity index (χ4v) is 3.16. The average Bonchev–Trinajstić information content (AvgIpc) is 2.89. The van der Waals surface area contributed by atoms with Crippen molar-refractivity contribution in [3.8, 4) is 0 Å². The predicted octanol–water partition coefficient (Wildman–Crippen LogP) is 1.21. The Morgan fingerprint density at radius 2 is 1.78 bits per heavy atom. The fraction of sp³-hybridized carbons (Fsp3) is 0.733. The Morgan fingerprint density at radius 3 is 2.30 bits per heavy atom. The second-order valence-electron chi connectivity index (χ2n) is 6.86. The van der Waals surface area contributed by atoms with Gasteiger partial charge < -0.3 is 15.1 Å². The molecule has 2 aliphatic rings. The Morgan fingerprint density at radius 1 is 1.17 bits per heavy atom. The summed E-state index contributed by atoms with van der Waals surface area (Å²) in [5.74, 6) is 0.931. The van der Waals surface area contributed by atoms with E-state index in [-0.39, 0.29) is 24.0 Å². The van der Waals surface area contributed by atoms with Gasteiger partial charge in [0.1, 0.15) is 5.69 Å². The monoisotopic (exact) mass is 342 g/mol. The number of hydrogen-bond acceptors (Lipinski definition) is 4. The van der Waals surface area contributed by atoms with Crippen LogP contribution in [0.15, 0.2) is 0 Å². The van der Waals surface area contributed by atoms with Gasteiger partial charge >= 0.3 is 6.03 Å². The van der Waals surface area contributed by atoms with E-state index in [1.165, 1.54) is 0 Å². The largest absolute Gasteiger partial charge is 0.351 e. The van der Waals surface area contributed by atoms with Crippen LogP contribution in [0.1, 0.15) is 19.5 Å². The van der Waals surface area contributed by atoms with Crippen molar-refractivity contribution in [1.82, 2.24) is 20.0 Å². The van der Waals surface area contributed by atoms with Gasteiger partial charge in [-0.1, -0.05) is 0 Å². The lowest BCUT2D eigenvalue weighted by Gasteiger charge is -2.29. The maximum absolute atomic E-state index is 12.7. The van der Waals surface area contributed by atoms with E-state index in [2.05, 4.69) is 29.2 Å². The molecule has 0 unspecified atom stereocenters. The van der Waals surface area contributed by atoms with Crippen molar-refractivity contribution in [3.63, 3.8) is 0 Å². The molecule has 1 aromatic rings. The SMILES string of the molecule is Cc1c(N2CC(C)(C)N(C)C2=O)c(N2CCNCC2)nn1C.Cl. The molecule has 1 aromatic heterocycles. The van der Waals surface area contributed by atoms with Gasteiger partial charge in [-0.25, -0.2) is 4.79 Å². The van der Waals surface area contributed by atoms with Crippen LogP contribution in [0.4, 0.5) is 16.3 Å². The number of halogens is 1. The van der Waals surface area contributed by atoms with Crippen molar-refractivity contribution in [2.75, 3.05) is 49.6 Å². The molecule has 2 fully saturated rings. The molecule has 8 heteroatoms. The van der Waals surface area contributed by atoms with E-state index in [4.69, 9.17) is 0 Å². The van der Waals surface area contributed by atoms with Gasteiger partial charge in [0.25, 0.3) is 0 Å². The molecule has 0 saturated carbocycles. The predicted molar refractivity (Wildman–Crippen MR) is 94.9 cm³/mol. The number of amides is 2. The van der Waals surface area contributed by atoms with Crippen molar-refractivity contribution in [2.45, 2.75) is 26.3 Å². The third-order valence-electron chi connectivity index (χ3n) is 4.94. The van der Waals surface area contributed by atoms with Crippen LogP contribution in [-0.4, -0.2) is 66.0 Å². The fourth-order valence-electron chi connectivity index (χ4n) is 3.16. The summed E-state index contributed by atoms with van der Waals surface area (Å²) >= 11 is 0. The highest BCUT2D eigenvalue weighted by Crippen LogP contribution is 2.37. The molecular weight excluding hydrogens is 316 g/mol. The molecule has 2 aliphatic heterocycles. The molecule has 23 heavy (non-hydrogen) atoms. The molecule has 0 aromatic carbocycles. The van der Waals surface area contributed by atoms with Crippen LogP contribution in [0.5, 0.6) is 0 Å². The van der Waals surface area contributed by atoms with Gasteiger partial charge in [0.05, 0.1) is 17.8 Å². The number of aryl methyl sites for hydroxylation is 1. The minimum absolute atomic E-state index is 0. The van der Waals surface area contributed by atoms with Gasteiger partial charge in [0.2, 0.25) is 0 Å². The Balaban J connectivity index is 0.00000192. The Bertz CT molecular complexity index is 593. The molecule has 130 valence electrons. The third kappa shape index (κ3) is 2.87. The maximum atomic E-state index is 12.7. The van der Waals surface area contributed by atoms with Crippen molar-refractivity contribution in [1.29, 1.82) is 0 Å². The first-order valence-corrected chi connectivity index (χ1v) is 7.87. The molecule has 2 amide bonds. The van der Waals surface area contributed by atoms with E-state index in [1.54, 1.807) is 0 Å². The number of aromatic nitrogens is 2. The lowest BCUT2D eigenvalue weighted by molar-refractivity contribution is 0.198. The van der Waals surface area contributed by atoms with Gasteiger partial charge in [0, 0.05) is 40.3 Å². The van der Waals surface area contributed by atoms with Crippen LogP contribution in [0.25, 0.3) is 0 Å². The Kier molecular flexibility index (Phi) is 4.82. The number of piperazine rings is 1. The van der Waals surface area contributed by atoms with Gasteiger partial charge in [-0.3, -0.25) is 9.58 Å². The summed E-state index contributed by atoms with van der Waals surface area (Å²) in [6.45, 7) is 10.7. The molecule has 1 N–H and O–H groups in total. The lowest BCUT2D eigenvalue weighted by Crippen LogP contribution is -2.44. The van der Waals surface area contributed by atoms with E-state index >= 15 is 0 Å². The number of carbonyl (C=O) groups excluding carboxylic acids is 1. The average molecular weight is 343 g/mol. The highest BCUT2D eigenvalue weighted by atomic mass is 35.5. The lowest BCUT2D eigenvalue weighted by atomic mass is 10.1. The van der Waals surface area contributed by atoms with Crippen LogP contribution in [-0.2, 0) is 7.05 Å². The van der Waals surface area contributed by atoms with Crippen molar-refractivity contribution in [3.05, 3.63) is 5.69 Å².